The first-order chi connectivity index (χ1) is 10.7. The van der Waals surface area contributed by atoms with Crippen LogP contribution < -0.4 is 19.5 Å². The number of ether oxygens (including phenoxy) is 2. The zero-order valence-electron chi connectivity index (χ0n) is 14.0. The summed E-state index contributed by atoms with van der Waals surface area (Å²) in [6.07, 6.45) is 0. The maximum absolute atomic E-state index is 12.4. The summed E-state index contributed by atoms with van der Waals surface area (Å²) in [5.74, 6) is 0.637. The third-order valence-electron chi connectivity index (χ3n) is 3.08. The number of amides is 1. The molecule has 0 spiro atoms. The molecule has 130 valence electrons. The lowest BCUT2D eigenvalue weighted by Gasteiger charge is -2.16. The molecule has 1 aromatic carbocycles. The van der Waals surface area contributed by atoms with E-state index in [0.29, 0.717) is 18.0 Å². The smallest absolute Gasteiger partial charge is 0.241 e. The Morgan fingerprint density at radius 2 is 1.74 bits per heavy atom. The van der Waals surface area contributed by atoms with Gasteiger partial charge in [0.25, 0.3) is 0 Å². The molecule has 0 aliphatic carbocycles. The van der Waals surface area contributed by atoms with Crippen LogP contribution in [0.15, 0.2) is 23.1 Å². The van der Waals surface area contributed by atoms with Crippen molar-refractivity contribution in [3.05, 3.63) is 18.2 Å². The van der Waals surface area contributed by atoms with Crippen LogP contribution in [0.4, 0.5) is 0 Å². The Hall–Kier alpha value is -1.80. The third kappa shape index (κ3) is 5.40. The summed E-state index contributed by atoms with van der Waals surface area (Å²) in [7, 11) is -0.963. The third-order valence-corrected chi connectivity index (χ3v) is 4.61. The summed E-state index contributed by atoms with van der Waals surface area (Å²) >= 11 is 0. The summed E-state index contributed by atoms with van der Waals surface area (Å²) in [6, 6.07) is 3.35. The van der Waals surface area contributed by atoms with Crippen LogP contribution in [0.3, 0.4) is 0 Å². The van der Waals surface area contributed by atoms with Gasteiger partial charge in [0, 0.05) is 12.6 Å². The van der Waals surface area contributed by atoms with E-state index in [9.17, 15) is 13.2 Å². The summed E-state index contributed by atoms with van der Waals surface area (Å²) in [4.78, 5) is 11.9. The number of hydrogen-bond donors (Lipinski definition) is 2. The first-order valence-electron chi connectivity index (χ1n) is 7.23. The fraction of sp³-hybridized carbons (Fsp3) is 0.533. The molecule has 0 aliphatic rings. The number of methoxy groups -OCH3 is 2. The molecule has 1 atom stereocenters. The standard InChI is InChI=1S/C15H24N2O5S/c1-10(2)9-16-15(18)11(3)17-23(19,20)12-6-7-13(21-4)14(8-12)22-5/h6-8,10-11,17H,9H2,1-5H3,(H,16,18)/t11-/m0/s1. The van der Waals surface area contributed by atoms with Gasteiger partial charge in [0.2, 0.25) is 15.9 Å². The van der Waals surface area contributed by atoms with Crippen LogP contribution in [-0.4, -0.2) is 41.1 Å². The SMILES string of the molecule is COc1ccc(S(=O)(=O)N[C@@H](C)C(=O)NCC(C)C)cc1OC. The fourth-order valence-corrected chi connectivity index (χ4v) is 3.01. The molecule has 0 fully saturated rings. The van der Waals surface area contributed by atoms with E-state index in [4.69, 9.17) is 9.47 Å². The summed E-state index contributed by atoms with van der Waals surface area (Å²) in [6.45, 7) is 5.90. The molecule has 2 N–H and O–H groups in total. The Kier molecular flexibility index (Phi) is 6.83. The Balaban J connectivity index is 2.88. The van der Waals surface area contributed by atoms with Gasteiger partial charge < -0.3 is 14.8 Å². The monoisotopic (exact) mass is 344 g/mol. The second-order valence-corrected chi connectivity index (χ2v) is 7.21. The van der Waals surface area contributed by atoms with E-state index in [-0.39, 0.29) is 16.7 Å². The highest BCUT2D eigenvalue weighted by atomic mass is 32.2. The molecule has 0 aromatic heterocycles. The molecule has 0 radical (unpaired) electrons. The Labute approximate surface area is 137 Å². The minimum absolute atomic E-state index is 0.00124. The highest BCUT2D eigenvalue weighted by Gasteiger charge is 2.23. The number of rotatable bonds is 8. The Morgan fingerprint density at radius 3 is 2.26 bits per heavy atom. The first kappa shape index (κ1) is 19.2. The van der Waals surface area contributed by atoms with Gasteiger partial charge in [-0.2, -0.15) is 4.72 Å². The van der Waals surface area contributed by atoms with E-state index in [1.807, 2.05) is 13.8 Å². The molecule has 0 heterocycles. The number of sulfonamides is 1. The second-order valence-electron chi connectivity index (χ2n) is 5.50. The van der Waals surface area contributed by atoms with Crippen LogP contribution in [0.25, 0.3) is 0 Å². The Bertz CT molecular complexity index is 643. The average molecular weight is 344 g/mol. The molecule has 23 heavy (non-hydrogen) atoms. The second kappa shape index (κ2) is 8.16. The highest BCUT2D eigenvalue weighted by molar-refractivity contribution is 7.89. The van der Waals surface area contributed by atoms with Crippen molar-refractivity contribution in [2.24, 2.45) is 5.92 Å². The number of nitrogens with one attached hydrogen (secondary N) is 2. The van der Waals surface area contributed by atoms with Crippen LogP contribution in [0, 0.1) is 5.92 Å². The van der Waals surface area contributed by atoms with Crippen molar-refractivity contribution in [2.75, 3.05) is 20.8 Å². The fourth-order valence-electron chi connectivity index (χ4n) is 1.80. The molecular formula is C15H24N2O5S. The molecule has 0 unspecified atom stereocenters. The average Bonchev–Trinajstić information content (AvgIpc) is 2.51. The number of hydrogen-bond acceptors (Lipinski definition) is 5. The zero-order chi connectivity index (χ0) is 17.6. The summed E-state index contributed by atoms with van der Waals surface area (Å²) < 4.78 is 37.2. The van der Waals surface area contributed by atoms with Crippen LogP contribution >= 0.6 is 0 Å². The molecule has 7 nitrogen and oxygen atoms in total. The molecule has 0 bridgehead atoms. The van der Waals surface area contributed by atoms with Crippen LogP contribution in [0.1, 0.15) is 20.8 Å². The maximum atomic E-state index is 12.4. The van der Waals surface area contributed by atoms with Gasteiger partial charge in [-0.05, 0) is 25.0 Å². The van der Waals surface area contributed by atoms with Gasteiger partial charge in [-0.3, -0.25) is 4.79 Å². The topological polar surface area (TPSA) is 93.7 Å². The van der Waals surface area contributed by atoms with E-state index in [2.05, 4.69) is 10.0 Å². The van der Waals surface area contributed by atoms with Crippen molar-refractivity contribution in [3.63, 3.8) is 0 Å². The Morgan fingerprint density at radius 1 is 1.13 bits per heavy atom. The van der Waals surface area contributed by atoms with Gasteiger partial charge >= 0.3 is 0 Å². The van der Waals surface area contributed by atoms with E-state index in [0.717, 1.165) is 0 Å². The lowest BCUT2D eigenvalue weighted by Crippen LogP contribution is -2.45. The van der Waals surface area contributed by atoms with Crippen molar-refractivity contribution in [3.8, 4) is 11.5 Å². The number of carbonyl (C=O) groups is 1. The summed E-state index contributed by atoms with van der Waals surface area (Å²) in [5.41, 5.74) is 0. The van der Waals surface area contributed by atoms with Crippen molar-refractivity contribution < 1.29 is 22.7 Å². The highest BCUT2D eigenvalue weighted by Crippen LogP contribution is 2.29. The summed E-state index contributed by atoms with van der Waals surface area (Å²) in [5, 5.41) is 2.69. The predicted molar refractivity (Wildman–Crippen MR) is 87.2 cm³/mol. The lowest BCUT2D eigenvalue weighted by atomic mass is 10.2. The molecule has 1 aromatic rings. The van der Waals surface area contributed by atoms with Crippen molar-refractivity contribution >= 4 is 15.9 Å². The minimum atomic E-state index is -3.85. The van der Waals surface area contributed by atoms with Gasteiger partial charge in [0.05, 0.1) is 25.2 Å². The number of carbonyl (C=O) groups excluding carboxylic acids is 1. The van der Waals surface area contributed by atoms with Crippen LogP contribution in [0.5, 0.6) is 11.5 Å². The van der Waals surface area contributed by atoms with Crippen molar-refractivity contribution in [1.29, 1.82) is 0 Å². The van der Waals surface area contributed by atoms with Gasteiger partial charge in [-0.15, -0.1) is 0 Å². The van der Waals surface area contributed by atoms with E-state index in [1.165, 1.54) is 39.3 Å². The zero-order valence-corrected chi connectivity index (χ0v) is 14.9. The van der Waals surface area contributed by atoms with Crippen LogP contribution in [-0.2, 0) is 14.8 Å². The lowest BCUT2D eigenvalue weighted by molar-refractivity contribution is -0.122. The van der Waals surface area contributed by atoms with Gasteiger partial charge in [-0.25, -0.2) is 8.42 Å². The minimum Gasteiger partial charge on any atom is -0.493 e. The quantitative estimate of drug-likeness (QED) is 0.738. The molecule has 1 amide bonds. The van der Waals surface area contributed by atoms with E-state index in [1.54, 1.807) is 0 Å². The van der Waals surface area contributed by atoms with Crippen molar-refractivity contribution in [1.82, 2.24) is 10.0 Å². The predicted octanol–water partition coefficient (Wildman–Crippen LogP) is 1.14. The molecule has 0 aliphatic heterocycles. The molecule has 0 saturated heterocycles. The van der Waals surface area contributed by atoms with Crippen molar-refractivity contribution in [2.45, 2.75) is 31.7 Å². The first-order valence-corrected chi connectivity index (χ1v) is 8.71. The van der Waals surface area contributed by atoms with Gasteiger partial charge in [0.1, 0.15) is 0 Å². The molecule has 1 rings (SSSR count). The van der Waals surface area contributed by atoms with E-state index < -0.39 is 16.1 Å². The van der Waals surface area contributed by atoms with E-state index >= 15 is 0 Å². The largest absolute Gasteiger partial charge is 0.493 e. The maximum Gasteiger partial charge on any atom is 0.241 e. The van der Waals surface area contributed by atoms with Gasteiger partial charge in [0.15, 0.2) is 11.5 Å². The van der Waals surface area contributed by atoms with Gasteiger partial charge in [-0.1, -0.05) is 13.8 Å². The number of benzene rings is 1. The molecular weight excluding hydrogens is 320 g/mol. The molecule has 0 saturated carbocycles. The molecule has 8 heteroatoms. The van der Waals surface area contributed by atoms with Crippen LogP contribution in [0.2, 0.25) is 0 Å². The normalized spacial score (nSPS) is 12.8.